The molecule has 0 saturated heterocycles. The van der Waals surface area contributed by atoms with Crippen LogP contribution in [0.4, 0.5) is 0 Å². The first-order chi connectivity index (χ1) is 14.7. The highest BCUT2D eigenvalue weighted by molar-refractivity contribution is 5.83. The predicted molar refractivity (Wildman–Crippen MR) is 120 cm³/mol. The smallest absolute Gasteiger partial charge is 0.150 e. The van der Waals surface area contributed by atoms with Gasteiger partial charge in [-0.1, -0.05) is 50.4 Å². The van der Waals surface area contributed by atoms with Gasteiger partial charge >= 0.3 is 0 Å². The summed E-state index contributed by atoms with van der Waals surface area (Å²) in [5.41, 5.74) is 4.49. The van der Waals surface area contributed by atoms with Gasteiger partial charge in [0.25, 0.3) is 0 Å². The number of hydrogen-bond acceptors (Lipinski definition) is 5. The predicted octanol–water partition coefficient (Wildman–Crippen LogP) is 4.41. The second-order valence-corrected chi connectivity index (χ2v) is 6.59. The van der Waals surface area contributed by atoms with E-state index in [2.05, 4.69) is 20.1 Å². The Morgan fingerprint density at radius 3 is 2.37 bits per heavy atom. The lowest BCUT2D eigenvalue weighted by Gasteiger charge is -2.22. The summed E-state index contributed by atoms with van der Waals surface area (Å²) in [7, 11) is 0. The number of aliphatic hydroxyl groups is 1. The van der Waals surface area contributed by atoms with E-state index in [9.17, 15) is 4.79 Å². The molecule has 0 bridgehead atoms. The number of ether oxygens (including phenoxy) is 3. The van der Waals surface area contributed by atoms with Crippen LogP contribution in [-0.2, 0) is 17.6 Å². The SMILES string of the molecule is C=CCOc1cc(OCC=C)c(-c2cccc(C=O)c2)c(CCOCCO)c1CC. The van der Waals surface area contributed by atoms with Crippen LogP contribution in [0.1, 0.15) is 28.4 Å². The number of benzene rings is 2. The van der Waals surface area contributed by atoms with Gasteiger partial charge in [-0.3, -0.25) is 4.79 Å². The van der Waals surface area contributed by atoms with Crippen LogP contribution in [0.5, 0.6) is 11.5 Å². The van der Waals surface area contributed by atoms with E-state index in [4.69, 9.17) is 19.3 Å². The second kappa shape index (κ2) is 12.6. The third-order valence-electron chi connectivity index (χ3n) is 4.58. The molecule has 30 heavy (non-hydrogen) atoms. The molecule has 5 nitrogen and oxygen atoms in total. The van der Waals surface area contributed by atoms with Crippen LogP contribution in [0.15, 0.2) is 55.6 Å². The molecular weight excluding hydrogens is 380 g/mol. The summed E-state index contributed by atoms with van der Waals surface area (Å²) in [6.07, 6.45) is 5.59. The van der Waals surface area contributed by atoms with Crippen LogP contribution < -0.4 is 9.47 Å². The van der Waals surface area contributed by atoms with Crippen LogP contribution in [0, 0.1) is 0 Å². The van der Waals surface area contributed by atoms with Gasteiger partial charge in [0.15, 0.2) is 0 Å². The minimum Gasteiger partial charge on any atom is -0.489 e. The van der Waals surface area contributed by atoms with Crippen molar-refractivity contribution in [2.45, 2.75) is 19.8 Å². The Morgan fingerprint density at radius 2 is 1.73 bits per heavy atom. The van der Waals surface area contributed by atoms with Gasteiger partial charge in [0.2, 0.25) is 0 Å². The number of aliphatic hydroxyl groups excluding tert-OH is 1. The van der Waals surface area contributed by atoms with E-state index in [1.807, 2.05) is 24.3 Å². The zero-order valence-corrected chi connectivity index (χ0v) is 17.6. The van der Waals surface area contributed by atoms with Crippen molar-refractivity contribution in [1.29, 1.82) is 0 Å². The molecule has 1 N–H and O–H groups in total. The van der Waals surface area contributed by atoms with Crippen molar-refractivity contribution >= 4 is 6.29 Å². The van der Waals surface area contributed by atoms with E-state index in [1.54, 1.807) is 18.2 Å². The molecule has 0 spiro atoms. The van der Waals surface area contributed by atoms with Gasteiger partial charge in [-0.05, 0) is 35.6 Å². The van der Waals surface area contributed by atoms with E-state index in [0.29, 0.717) is 37.6 Å². The average molecular weight is 411 g/mol. The molecule has 160 valence electrons. The molecule has 0 saturated carbocycles. The first-order valence-electron chi connectivity index (χ1n) is 10.1. The van der Waals surface area contributed by atoms with Crippen LogP contribution in [0.25, 0.3) is 11.1 Å². The van der Waals surface area contributed by atoms with Gasteiger partial charge < -0.3 is 19.3 Å². The topological polar surface area (TPSA) is 65.0 Å². The summed E-state index contributed by atoms with van der Waals surface area (Å²) in [6.45, 7) is 11.0. The summed E-state index contributed by atoms with van der Waals surface area (Å²) < 4.78 is 17.5. The third-order valence-corrected chi connectivity index (χ3v) is 4.58. The maximum Gasteiger partial charge on any atom is 0.150 e. The Labute approximate surface area is 178 Å². The highest BCUT2D eigenvalue weighted by atomic mass is 16.5. The lowest BCUT2D eigenvalue weighted by Crippen LogP contribution is -2.10. The summed E-state index contributed by atoms with van der Waals surface area (Å²) in [5.74, 6) is 1.40. The molecular formula is C25H30O5. The minimum atomic E-state index is -0.0228. The zero-order valence-electron chi connectivity index (χ0n) is 17.6. The quantitative estimate of drug-likeness (QED) is 0.284. The highest BCUT2D eigenvalue weighted by Crippen LogP contribution is 2.41. The van der Waals surface area contributed by atoms with E-state index in [0.717, 1.165) is 40.7 Å². The van der Waals surface area contributed by atoms with Crippen LogP contribution in [0.2, 0.25) is 0 Å². The van der Waals surface area contributed by atoms with Crippen molar-refractivity contribution in [2.24, 2.45) is 0 Å². The van der Waals surface area contributed by atoms with Gasteiger partial charge in [0.05, 0.1) is 19.8 Å². The molecule has 0 heterocycles. The Morgan fingerprint density at radius 1 is 1.00 bits per heavy atom. The lowest BCUT2D eigenvalue weighted by atomic mass is 9.90. The minimum absolute atomic E-state index is 0.0228. The fourth-order valence-corrected chi connectivity index (χ4v) is 3.36. The maximum absolute atomic E-state index is 11.4. The molecule has 2 rings (SSSR count). The van der Waals surface area contributed by atoms with E-state index in [1.165, 1.54) is 0 Å². The van der Waals surface area contributed by atoms with Gasteiger partial charge in [0, 0.05) is 17.2 Å². The molecule has 0 aromatic heterocycles. The van der Waals surface area contributed by atoms with Gasteiger partial charge in [-0.2, -0.15) is 0 Å². The Balaban J connectivity index is 2.68. The van der Waals surface area contributed by atoms with Crippen LogP contribution in [0.3, 0.4) is 0 Å². The zero-order chi connectivity index (χ0) is 21.8. The van der Waals surface area contributed by atoms with Gasteiger partial charge in [-0.15, -0.1) is 0 Å². The van der Waals surface area contributed by atoms with Crippen molar-refractivity contribution < 1.29 is 24.1 Å². The Bertz CT molecular complexity index is 857. The van der Waals surface area contributed by atoms with Gasteiger partial charge in [0.1, 0.15) is 31.0 Å². The third kappa shape index (κ3) is 6.05. The molecule has 0 aliphatic rings. The van der Waals surface area contributed by atoms with E-state index in [-0.39, 0.29) is 13.2 Å². The number of aldehydes is 1. The Hall–Kier alpha value is -2.89. The summed E-state index contributed by atoms with van der Waals surface area (Å²) in [4.78, 5) is 11.4. The first-order valence-corrected chi connectivity index (χ1v) is 10.1. The molecule has 0 atom stereocenters. The number of carbonyl (C=O) groups is 1. The maximum atomic E-state index is 11.4. The first kappa shape index (κ1) is 23.4. The molecule has 0 fully saturated rings. The van der Waals surface area contributed by atoms with E-state index >= 15 is 0 Å². The Kier molecular flexibility index (Phi) is 9.84. The van der Waals surface area contributed by atoms with Crippen molar-refractivity contribution in [3.63, 3.8) is 0 Å². The van der Waals surface area contributed by atoms with Crippen molar-refractivity contribution in [3.05, 3.63) is 72.3 Å². The lowest BCUT2D eigenvalue weighted by molar-refractivity contribution is 0.0943. The summed E-state index contributed by atoms with van der Waals surface area (Å²) in [6, 6.07) is 9.34. The fraction of sp³-hybridized carbons (Fsp3) is 0.320. The normalized spacial score (nSPS) is 10.5. The van der Waals surface area contributed by atoms with Crippen molar-refractivity contribution in [2.75, 3.05) is 33.0 Å². The fourth-order valence-electron chi connectivity index (χ4n) is 3.36. The molecule has 2 aromatic carbocycles. The second-order valence-electron chi connectivity index (χ2n) is 6.59. The van der Waals surface area contributed by atoms with Crippen LogP contribution in [-0.4, -0.2) is 44.4 Å². The number of carbonyl (C=O) groups excluding carboxylic acids is 1. The largest absolute Gasteiger partial charge is 0.489 e. The standard InChI is InChI=1S/C25H30O5/c1-4-12-29-23-17-24(30-13-5-2)25(20-9-7-8-19(16-20)18-27)22(21(23)6-3)10-14-28-15-11-26/h4-5,7-9,16-18,26H,1-2,6,10-15H2,3H3. The molecule has 0 amide bonds. The van der Waals surface area contributed by atoms with Crippen LogP contribution >= 0.6 is 0 Å². The average Bonchev–Trinajstić information content (AvgIpc) is 2.78. The number of hydrogen-bond donors (Lipinski definition) is 1. The summed E-state index contributed by atoms with van der Waals surface area (Å²) >= 11 is 0. The van der Waals surface area contributed by atoms with Gasteiger partial charge in [-0.25, -0.2) is 0 Å². The number of rotatable bonds is 14. The summed E-state index contributed by atoms with van der Waals surface area (Å²) in [5, 5.41) is 9.02. The van der Waals surface area contributed by atoms with Crippen molar-refractivity contribution in [3.8, 4) is 22.6 Å². The molecule has 2 aromatic rings. The molecule has 0 unspecified atom stereocenters. The molecule has 0 radical (unpaired) electrons. The monoisotopic (exact) mass is 410 g/mol. The molecule has 0 aliphatic heterocycles. The highest BCUT2D eigenvalue weighted by Gasteiger charge is 2.20. The van der Waals surface area contributed by atoms with E-state index < -0.39 is 0 Å². The molecule has 0 aliphatic carbocycles. The van der Waals surface area contributed by atoms with Crippen molar-refractivity contribution in [1.82, 2.24) is 0 Å². The molecule has 5 heteroatoms.